The number of hydrogen-bond donors (Lipinski definition) is 2. The van der Waals surface area contributed by atoms with Gasteiger partial charge in [-0.3, -0.25) is 0 Å². The Bertz CT molecular complexity index is 531. The Morgan fingerprint density at radius 1 is 1.33 bits per heavy atom. The third-order valence-corrected chi connectivity index (χ3v) is 4.08. The van der Waals surface area contributed by atoms with Crippen molar-refractivity contribution in [3.63, 3.8) is 0 Å². The van der Waals surface area contributed by atoms with Gasteiger partial charge in [0.05, 0.1) is 13.2 Å². The molecule has 1 heterocycles. The van der Waals surface area contributed by atoms with Gasteiger partial charge in [0.25, 0.3) is 10.0 Å². The fraction of sp³-hybridized carbons (Fsp3) is 0.714. The standard InChI is InChI=1S/C14H26N2O4S/c1-6-19-10-11(2)16-21(17,18)13-8-7-12(20-13)9-15-14(3,4)5/h7-8,11,15-16H,6,9-10H2,1-5H3. The van der Waals surface area contributed by atoms with Crippen LogP contribution in [0.1, 0.15) is 40.4 Å². The van der Waals surface area contributed by atoms with Gasteiger partial charge < -0.3 is 14.5 Å². The smallest absolute Gasteiger partial charge is 0.274 e. The molecule has 0 saturated heterocycles. The maximum Gasteiger partial charge on any atom is 0.274 e. The van der Waals surface area contributed by atoms with E-state index in [1.54, 1.807) is 13.0 Å². The molecular weight excluding hydrogens is 292 g/mol. The van der Waals surface area contributed by atoms with E-state index in [1.165, 1.54) is 6.07 Å². The monoisotopic (exact) mass is 318 g/mol. The summed E-state index contributed by atoms with van der Waals surface area (Å²) in [6.45, 7) is 11.1. The van der Waals surface area contributed by atoms with Gasteiger partial charge in [-0.05, 0) is 46.8 Å². The van der Waals surface area contributed by atoms with Crippen LogP contribution in [-0.2, 0) is 21.3 Å². The van der Waals surface area contributed by atoms with Crippen LogP contribution in [0.5, 0.6) is 0 Å². The van der Waals surface area contributed by atoms with Crippen LogP contribution in [0, 0.1) is 0 Å². The van der Waals surface area contributed by atoms with Gasteiger partial charge in [0.2, 0.25) is 5.09 Å². The number of sulfonamides is 1. The summed E-state index contributed by atoms with van der Waals surface area (Å²) in [4.78, 5) is 0. The van der Waals surface area contributed by atoms with Crippen LogP contribution in [0.2, 0.25) is 0 Å². The van der Waals surface area contributed by atoms with E-state index in [0.29, 0.717) is 25.5 Å². The average Bonchev–Trinajstić information content (AvgIpc) is 2.82. The number of nitrogens with one attached hydrogen (secondary N) is 2. The maximum atomic E-state index is 12.1. The first kappa shape index (κ1) is 18.2. The van der Waals surface area contributed by atoms with Gasteiger partial charge in [0.15, 0.2) is 0 Å². The van der Waals surface area contributed by atoms with Crippen LogP contribution in [0.25, 0.3) is 0 Å². The fourth-order valence-electron chi connectivity index (χ4n) is 1.60. The fourth-order valence-corrected chi connectivity index (χ4v) is 2.78. The molecule has 1 rings (SSSR count). The van der Waals surface area contributed by atoms with Crippen molar-refractivity contribution < 1.29 is 17.6 Å². The first-order valence-electron chi connectivity index (χ1n) is 7.08. The molecule has 0 aliphatic heterocycles. The molecule has 0 fully saturated rings. The Labute approximate surface area is 127 Å². The maximum absolute atomic E-state index is 12.1. The highest BCUT2D eigenvalue weighted by Crippen LogP contribution is 2.15. The van der Waals surface area contributed by atoms with Gasteiger partial charge in [-0.1, -0.05) is 0 Å². The lowest BCUT2D eigenvalue weighted by atomic mass is 10.1. The van der Waals surface area contributed by atoms with Gasteiger partial charge in [-0.25, -0.2) is 13.1 Å². The zero-order valence-electron chi connectivity index (χ0n) is 13.4. The van der Waals surface area contributed by atoms with E-state index >= 15 is 0 Å². The minimum atomic E-state index is -3.65. The summed E-state index contributed by atoms with van der Waals surface area (Å²) in [7, 11) is -3.65. The van der Waals surface area contributed by atoms with Crippen LogP contribution in [0.4, 0.5) is 0 Å². The minimum Gasteiger partial charge on any atom is -0.447 e. The molecule has 0 aromatic carbocycles. The Morgan fingerprint density at radius 2 is 2.00 bits per heavy atom. The summed E-state index contributed by atoms with van der Waals surface area (Å²) in [6.07, 6.45) is 0. The highest BCUT2D eigenvalue weighted by atomic mass is 32.2. The molecule has 6 nitrogen and oxygen atoms in total. The Hall–Kier alpha value is -0.890. The van der Waals surface area contributed by atoms with E-state index in [1.807, 2.05) is 27.7 Å². The molecule has 0 aliphatic carbocycles. The van der Waals surface area contributed by atoms with E-state index in [4.69, 9.17) is 9.15 Å². The van der Waals surface area contributed by atoms with Crippen molar-refractivity contribution in [3.8, 4) is 0 Å². The SMILES string of the molecule is CCOCC(C)NS(=O)(=O)c1ccc(CNC(C)(C)C)o1. The second-order valence-corrected chi connectivity index (χ2v) is 7.65. The quantitative estimate of drug-likeness (QED) is 0.765. The molecule has 0 radical (unpaired) electrons. The summed E-state index contributed by atoms with van der Waals surface area (Å²) in [5.41, 5.74) is -0.0594. The first-order valence-corrected chi connectivity index (χ1v) is 8.56. The molecule has 122 valence electrons. The molecule has 0 aliphatic rings. The Balaban J connectivity index is 2.65. The van der Waals surface area contributed by atoms with Gasteiger partial charge in [-0.15, -0.1) is 0 Å². The highest BCUT2D eigenvalue weighted by molar-refractivity contribution is 7.89. The predicted molar refractivity (Wildman–Crippen MR) is 81.6 cm³/mol. The zero-order chi connectivity index (χ0) is 16.1. The number of ether oxygens (including phenoxy) is 1. The molecule has 7 heteroatoms. The lowest BCUT2D eigenvalue weighted by molar-refractivity contribution is 0.133. The largest absolute Gasteiger partial charge is 0.447 e. The van der Waals surface area contributed by atoms with E-state index in [2.05, 4.69) is 10.0 Å². The van der Waals surface area contributed by atoms with Crippen molar-refractivity contribution in [3.05, 3.63) is 17.9 Å². The molecule has 1 aromatic heterocycles. The molecular formula is C14H26N2O4S. The lowest BCUT2D eigenvalue weighted by Gasteiger charge is -2.19. The number of hydrogen-bond acceptors (Lipinski definition) is 5. The summed E-state index contributed by atoms with van der Waals surface area (Å²) in [5, 5.41) is 3.17. The van der Waals surface area contributed by atoms with Crippen LogP contribution in [-0.4, -0.2) is 33.2 Å². The molecule has 0 spiro atoms. The van der Waals surface area contributed by atoms with Gasteiger partial charge >= 0.3 is 0 Å². The summed E-state index contributed by atoms with van der Waals surface area (Å²) in [6, 6.07) is 2.83. The average molecular weight is 318 g/mol. The van der Waals surface area contributed by atoms with E-state index < -0.39 is 10.0 Å². The highest BCUT2D eigenvalue weighted by Gasteiger charge is 2.21. The molecule has 0 bridgehead atoms. The third-order valence-electron chi connectivity index (χ3n) is 2.62. The summed E-state index contributed by atoms with van der Waals surface area (Å²) >= 11 is 0. The molecule has 2 N–H and O–H groups in total. The molecule has 0 amide bonds. The topological polar surface area (TPSA) is 80.6 Å². The van der Waals surface area contributed by atoms with E-state index in [-0.39, 0.29) is 16.7 Å². The molecule has 1 atom stereocenters. The minimum absolute atomic E-state index is 0.0594. The lowest BCUT2D eigenvalue weighted by Crippen LogP contribution is -2.36. The number of furan rings is 1. The Morgan fingerprint density at radius 3 is 2.57 bits per heavy atom. The first-order chi connectivity index (χ1) is 9.64. The second kappa shape index (κ2) is 7.40. The van der Waals surface area contributed by atoms with Gasteiger partial charge in [0.1, 0.15) is 5.76 Å². The zero-order valence-corrected chi connectivity index (χ0v) is 14.2. The van der Waals surface area contributed by atoms with Crippen molar-refractivity contribution in [1.82, 2.24) is 10.0 Å². The molecule has 0 saturated carbocycles. The summed E-state index contributed by atoms with van der Waals surface area (Å²) < 4.78 is 37.4. The van der Waals surface area contributed by atoms with Gasteiger partial charge in [-0.2, -0.15) is 0 Å². The van der Waals surface area contributed by atoms with Crippen LogP contribution >= 0.6 is 0 Å². The molecule has 1 aromatic rings. The van der Waals surface area contributed by atoms with Gasteiger partial charge in [0, 0.05) is 18.2 Å². The van der Waals surface area contributed by atoms with Crippen molar-refractivity contribution >= 4 is 10.0 Å². The van der Waals surface area contributed by atoms with Crippen molar-refractivity contribution in [2.24, 2.45) is 0 Å². The van der Waals surface area contributed by atoms with Crippen LogP contribution < -0.4 is 10.0 Å². The van der Waals surface area contributed by atoms with E-state index in [9.17, 15) is 8.42 Å². The van der Waals surface area contributed by atoms with Crippen molar-refractivity contribution in [1.29, 1.82) is 0 Å². The predicted octanol–water partition coefficient (Wildman–Crippen LogP) is 1.87. The second-order valence-electron chi connectivity index (χ2n) is 6.01. The molecule has 1 unspecified atom stereocenters. The van der Waals surface area contributed by atoms with E-state index in [0.717, 1.165) is 0 Å². The normalized spacial score (nSPS) is 14.3. The summed E-state index contributed by atoms with van der Waals surface area (Å²) in [5.74, 6) is 0.586. The molecule has 21 heavy (non-hydrogen) atoms. The number of rotatable bonds is 8. The third kappa shape index (κ3) is 6.60. The van der Waals surface area contributed by atoms with Crippen LogP contribution in [0.15, 0.2) is 21.6 Å². The Kier molecular flexibility index (Phi) is 6.40. The van der Waals surface area contributed by atoms with Crippen molar-refractivity contribution in [2.75, 3.05) is 13.2 Å². The van der Waals surface area contributed by atoms with Crippen LogP contribution in [0.3, 0.4) is 0 Å². The van der Waals surface area contributed by atoms with Crippen molar-refractivity contribution in [2.45, 2.75) is 57.8 Å².